The lowest BCUT2D eigenvalue weighted by atomic mass is 10.0. The number of aliphatic hydroxyl groups excluding tert-OH is 1. The molecule has 376 valence electrons. The van der Waals surface area contributed by atoms with Gasteiger partial charge in [0.15, 0.2) is 6.10 Å². The molecular formula is C61H102O5. The lowest BCUT2D eigenvalue weighted by Crippen LogP contribution is -2.28. The van der Waals surface area contributed by atoms with E-state index in [0.717, 1.165) is 103 Å². The Balaban J connectivity index is 3.46. The van der Waals surface area contributed by atoms with Crippen LogP contribution in [0.5, 0.6) is 0 Å². The number of hydrogen-bond donors (Lipinski definition) is 1. The standard InChI is InChI=1S/C61H102O5/c1-3-5-7-9-11-13-15-17-18-19-20-21-22-23-24-25-26-27-28-29-30-31-32-33-34-35-36-37-38-39-40-41-42-44-46-48-50-52-54-56-61(64)66-59(57-62)58-65-60(63)55-53-51-49-47-45-43-16-14-12-10-8-6-4-2/h5-8,11-14,17-18,20-21,23-24,26-27,43,45,59,62H,3-4,9-10,15-16,19,22,25,28-42,44,46-58H2,1-2H3/b7-5-,8-6-,13-11-,14-12-,18-17-,21-20-,24-23-,27-26-,45-43-. The van der Waals surface area contributed by atoms with E-state index in [4.69, 9.17) is 9.47 Å². The van der Waals surface area contributed by atoms with Gasteiger partial charge in [-0.25, -0.2) is 0 Å². The van der Waals surface area contributed by atoms with Crippen LogP contribution in [0, 0.1) is 0 Å². The molecule has 1 unspecified atom stereocenters. The monoisotopic (exact) mass is 915 g/mol. The maximum absolute atomic E-state index is 12.3. The molecule has 0 aliphatic heterocycles. The molecule has 0 aromatic carbocycles. The number of ether oxygens (including phenoxy) is 2. The van der Waals surface area contributed by atoms with Crippen LogP contribution in [-0.2, 0) is 19.1 Å². The summed E-state index contributed by atoms with van der Waals surface area (Å²) in [6.45, 7) is 3.89. The van der Waals surface area contributed by atoms with Crippen molar-refractivity contribution in [2.75, 3.05) is 13.2 Å². The summed E-state index contributed by atoms with van der Waals surface area (Å²) in [7, 11) is 0. The van der Waals surface area contributed by atoms with Gasteiger partial charge in [-0.3, -0.25) is 9.59 Å². The third kappa shape index (κ3) is 53.2. The highest BCUT2D eigenvalue weighted by Gasteiger charge is 2.16. The Morgan fingerprint density at radius 2 is 0.606 bits per heavy atom. The smallest absolute Gasteiger partial charge is 0.306 e. The molecule has 0 fully saturated rings. The first-order chi connectivity index (χ1) is 32.6. The van der Waals surface area contributed by atoms with Gasteiger partial charge in [-0.2, -0.15) is 0 Å². The number of carbonyl (C=O) groups is 2. The van der Waals surface area contributed by atoms with Crippen LogP contribution in [0.15, 0.2) is 109 Å². The van der Waals surface area contributed by atoms with Crippen molar-refractivity contribution in [2.24, 2.45) is 0 Å². The van der Waals surface area contributed by atoms with Gasteiger partial charge in [0.2, 0.25) is 0 Å². The molecule has 0 radical (unpaired) electrons. The Labute approximate surface area is 408 Å². The van der Waals surface area contributed by atoms with Crippen LogP contribution in [0.1, 0.15) is 245 Å². The van der Waals surface area contributed by atoms with Crippen LogP contribution in [0.25, 0.3) is 0 Å². The normalized spacial score (nSPS) is 13.1. The van der Waals surface area contributed by atoms with E-state index in [9.17, 15) is 14.7 Å². The van der Waals surface area contributed by atoms with E-state index in [1.165, 1.54) is 116 Å². The minimum absolute atomic E-state index is 0.0833. The molecule has 0 amide bonds. The third-order valence-corrected chi connectivity index (χ3v) is 11.6. The van der Waals surface area contributed by atoms with E-state index in [-0.39, 0.29) is 25.2 Å². The van der Waals surface area contributed by atoms with Crippen LogP contribution in [0.2, 0.25) is 0 Å². The maximum Gasteiger partial charge on any atom is 0.306 e. The number of unbranched alkanes of at least 4 members (excludes halogenated alkanes) is 23. The molecule has 0 aromatic rings. The van der Waals surface area contributed by atoms with Crippen LogP contribution >= 0.6 is 0 Å². The molecular weight excluding hydrogens is 813 g/mol. The third-order valence-electron chi connectivity index (χ3n) is 11.6. The van der Waals surface area contributed by atoms with Crippen molar-refractivity contribution < 1.29 is 24.2 Å². The van der Waals surface area contributed by atoms with Crippen molar-refractivity contribution in [2.45, 2.75) is 251 Å². The molecule has 0 saturated carbocycles. The van der Waals surface area contributed by atoms with Gasteiger partial charge < -0.3 is 14.6 Å². The molecule has 5 nitrogen and oxygen atoms in total. The molecule has 5 heteroatoms. The van der Waals surface area contributed by atoms with Crippen molar-refractivity contribution >= 4 is 11.9 Å². The highest BCUT2D eigenvalue weighted by molar-refractivity contribution is 5.70. The zero-order chi connectivity index (χ0) is 47.7. The zero-order valence-electron chi connectivity index (χ0n) is 42.9. The Kier molecular flexibility index (Phi) is 53.0. The fourth-order valence-electron chi connectivity index (χ4n) is 7.51. The summed E-state index contributed by atoms with van der Waals surface area (Å²) in [5.74, 6) is -0.624. The van der Waals surface area contributed by atoms with E-state index < -0.39 is 6.10 Å². The molecule has 0 aliphatic carbocycles. The summed E-state index contributed by atoms with van der Waals surface area (Å²) >= 11 is 0. The second kappa shape index (κ2) is 55.9. The second-order valence-electron chi connectivity index (χ2n) is 17.9. The van der Waals surface area contributed by atoms with Crippen molar-refractivity contribution in [3.63, 3.8) is 0 Å². The molecule has 0 aliphatic rings. The zero-order valence-corrected chi connectivity index (χ0v) is 42.9. The average molecular weight is 915 g/mol. The molecule has 0 spiro atoms. The number of aliphatic hydroxyl groups is 1. The van der Waals surface area contributed by atoms with E-state index in [1.54, 1.807) is 0 Å². The minimum atomic E-state index is -0.787. The first kappa shape index (κ1) is 62.6. The summed E-state index contributed by atoms with van der Waals surface area (Å²) in [4.78, 5) is 24.4. The molecule has 0 heterocycles. The van der Waals surface area contributed by atoms with Crippen molar-refractivity contribution in [3.8, 4) is 0 Å². The summed E-state index contributed by atoms with van der Waals surface area (Å²) < 4.78 is 10.6. The van der Waals surface area contributed by atoms with Gasteiger partial charge in [-0.05, 0) is 96.3 Å². The molecule has 0 rings (SSSR count). The molecule has 0 saturated heterocycles. The number of allylic oxidation sites excluding steroid dienone is 18. The van der Waals surface area contributed by atoms with E-state index in [0.29, 0.717) is 12.8 Å². The maximum atomic E-state index is 12.3. The van der Waals surface area contributed by atoms with E-state index in [2.05, 4.69) is 123 Å². The first-order valence-corrected chi connectivity index (χ1v) is 27.4. The summed E-state index contributed by atoms with van der Waals surface area (Å²) in [6.07, 6.45) is 80.8. The Hall–Kier alpha value is -3.44. The minimum Gasteiger partial charge on any atom is -0.462 e. The molecule has 66 heavy (non-hydrogen) atoms. The molecule has 1 atom stereocenters. The molecule has 1 N–H and O–H groups in total. The molecule has 0 aromatic heterocycles. The Bertz CT molecular complexity index is 1310. The topological polar surface area (TPSA) is 72.8 Å². The fraction of sp³-hybridized carbons (Fsp3) is 0.672. The lowest BCUT2D eigenvalue weighted by Gasteiger charge is -2.15. The van der Waals surface area contributed by atoms with Gasteiger partial charge in [0.05, 0.1) is 6.61 Å². The number of hydrogen-bond acceptors (Lipinski definition) is 5. The van der Waals surface area contributed by atoms with Gasteiger partial charge in [0.25, 0.3) is 0 Å². The van der Waals surface area contributed by atoms with Crippen molar-refractivity contribution in [1.82, 2.24) is 0 Å². The number of carbonyl (C=O) groups excluding carboxylic acids is 2. The van der Waals surface area contributed by atoms with Crippen LogP contribution < -0.4 is 0 Å². The van der Waals surface area contributed by atoms with Crippen molar-refractivity contribution in [1.29, 1.82) is 0 Å². The Morgan fingerprint density at radius 1 is 0.348 bits per heavy atom. The van der Waals surface area contributed by atoms with Crippen LogP contribution in [0.3, 0.4) is 0 Å². The lowest BCUT2D eigenvalue weighted by molar-refractivity contribution is -0.161. The van der Waals surface area contributed by atoms with E-state index in [1.807, 2.05) is 0 Å². The predicted molar refractivity (Wildman–Crippen MR) is 288 cm³/mol. The predicted octanol–water partition coefficient (Wildman–Crippen LogP) is 18.5. The van der Waals surface area contributed by atoms with Gasteiger partial charge in [0.1, 0.15) is 6.61 Å². The molecule has 0 bridgehead atoms. The quantitative estimate of drug-likeness (QED) is 0.0374. The van der Waals surface area contributed by atoms with Gasteiger partial charge in [-0.15, -0.1) is 0 Å². The first-order valence-electron chi connectivity index (χ1n) is 27.4. The van der Waals surface area contributed by atoms with Crippen LogP contribution in [-0.4, -0.2) is 36.4 Å². The van der Waals surface area contributed by atoms with Gasteiger partial charge >= 0.3 is 11.9 Å². The largest absolute Gasteiger partial charge is 0.462 e. The fourth-order valence-corrected chi connectivity index (χ4v) is 7.51. The van der Waals surface area contributed by atoms with Crippen LogP contribution in [0.4, 0.5) is 0 Å². The second-order valence-corrected chi connectivity index (χ2v) is 17.9. The summed E-state index contributed by atoms with van der Waals surface area (Å²) in [6, 6.07) is 0. The summed E-state index contributed by atoms with van der Waals surface area (Å²) in [5.41, 5.74) is 0. The summed E-state index contributed by atoms with van der Waals surface area (Å²) in [5, 5.41) is 9.61. The van der Waals surface area contributed by atoms with Crippen molar-refractivity contribution in [3.05, 3.63) is 109 Å². The van der Waals surface area contributed by atoms with Gasteiger partial charge in [0, 0.05) is 12.8 Å². The SMILES string of the molecule is CC/C=C\C/C=C\C/C=C\C/C=C\C/C=C\C/C=C\CCCCCCCCCCCCCCCCCCCCCCC(=O)OC(CO)COC(=O)CCCCC/C=C\C/C=C\C/C=C\CC. The number of esters is 2. The average Bonchev–Trinajstić information content (AvgIpc) is 3.32. The van der Waals surface area contributed by atoms with Gasteiger partial charge in [-0.1, -0.05) is 245 Å². The highest BCUT2D eigenvalue weighted by atomic mass is 16.6. The highest BCUT2D eigenvalue weighted by Crippen LogP contribution is 2.16. The van der Waals surface area contributed by atoms with E-state index >= 15 is 0 Å². The number of rotatable bonds is 49. The Morgan fingerprint density at radius 3 is 0.924 bits per heavy atom.